The predicted molar refractivity (Wildman–Crippen MR) is 70.5 cm³/mol. The summed E-state index contributed by atoms with van der Waals surface area (Å²) in [5, 5.41) is 2.71. The number of aromatic amines is 1. The Morgan fingerprint density at radius 2 is 2.28 bits per heavy atom. The summed E-state index contributed by atoms with van der Waals surface area (Å²) in [5.41, 5.74) is 1.87. The molecule has 0 spiro atoms. The van der Waals surface area contributed by atoms with Gasteiger partial charge >= 0.3 is 0 Å². The van der Waals surface area contributed by atoms with E-state index in [0.717, 1.165) is 5.52 Å². The maximum atomic E-state index is 13.4. The number of aryl methyl sites for hydroxylation is 1. The quantitative estimate of drug-likeness (QED) is 0.838. The van der Waals surface area contributed by atoms with Crippen LogP contribution in [0.4, 0.5) is 4.39 Å². The number of benzene rings is 1. The van der Waals surface area contributed by atoms with Crippen LogP contribution in [0.15, 0.2) is 12.1 Å². The zero-order chi connectivity index (χ0) is 13.3. The van der Waals surface area contributed by atoms with Crippen LogP contribution >= 0.6 is 12.2 Å². The molecule has 0 saturated carbocycles. The lowest BCUT2D eigenvalue weighted by molar-refractivity contribution is -0.121. The SMILES string of the molecule is CCNC(=O)Cn1c(=S)[nH]c2cc(F)c(C)cc21. The number of H-pyrrole nitrogens is 1. The molecule has 6 heteroatoms. The summed E-state index contributed by atoms with van der Waals surface area (Å²) < 4.78 is 15.5. The fourth-order valence-corrected chi connectivity index (χ4v) is 2.11. The first kappa shape index (κ1) is 12.8. The Morgan fingerprint density at radius 3 is 2.94 bits per heavy atom. The fraction of sp³-hybridized carbons (Fsp3) is 0.333. The Bertz CT molecular complexity index is 659. The molecular weight excluding hydrogens is 253 g/mol. The number of fused-ring (bicyclic) bond motifs is 1. The van der Waals surface area contributed by atoms with Crippen LogP contribution in [0.25, 0.3) is 11.0 Å². The van der Waals surface area contributed by atoms with E-state index in [0.29, 0.717) is 22.4 Å². The van der Waals surface area contributed by atoms with Crippen molar-refractivity contribution < 1.29 is 9.18 Å². The summed E-state index contributed by atoms with van der Waals surface area (Å²) in [7, 11) is 0. The molecule has 1 heterocycles. The second kappa shape index (κ2) is 4.89. The van der Waals surface area contributed by atoms with Gasteiger partial charge in [0, 0.05) is 6.54 Å². The monoisotopic (exact) mass is 267 g/mol. The molecule has 0 saturated heterocycles. The minimum atomic E-state index is -0.288. The van der Waals surface area contributed by atoms with E-state index in [1.165, 1.54) is 6.07 Å². The molecular formula is C12H14FN3OS. The van der Waals surface area contributed by atoms with Crippen molar-refractivity contribution in [1.82, 2.24) is 14.9 Å². The molecule has 2 aromatic rings. The molecule has 2 N–H and O–H groups in total. The van der Waals surface area contributed by atoms with Crippen molar-refractivity contribution in [3.63, 3.8) is 0 Å². The molecule has 0 radical (unpaired) electrons. The highest BCUT2D eigenvalue weighted by Crippen LogP contribution is 2.18. The van der Waals surface area contributed by atoms with Crippen molar-refractivity contribution in [3.8, 4) is 0 Å². The van der Waals surface area contributed by atoms with Gasteiger partial charge in [-0.05, 0) is 43.8 Å². The molecule has 96 valence electrons. The van der Waals surface area contributed by atoms with Gasteiger partial charge in [-0.25, -0.2) is 4.39 Å². The molecule has 0 fully saturated rings. The number of carbonyl (C=O) groups is 1. The number of hydrogen-bond donors (Lipinski definition) is 2. The van der Waals surface area contributed by atoms with Gasteiger partial charge in [0.15, 0.2) is 4.77 Å². The summed E-state index contributed by atoms with van der Waals surface area (Å²) in [5.74, 6) is -0.402. The van der Waals surface area contributed by atoms with Gasteiger partial charge in [-0.2, -0.15) is 0 Å². The third-order valence-electron chi connectivity index (χ3n) is 2.73. The van der Waals surface area contributed by atoms with Crippen LogP contribution in [-0.2, 0) is 11.3 Å². The maximum absolute atomic E-state index is 13.4. The molecule has 1 amide bonds. The van der Waals surface area contributed by atoms with E-state index in [9.17, 15) is 9.18 Å². The second-order valence-electron chi connectivity index (χ2n) is 4.09. The fourth-order valence-electron chi connectivity index (χ4n) is 1.84. The van der Waals surface area contributed by atoms with Gasteiger partial charge < -0.3 is 14.9 Å². The number of nitrogens with one attached hydrogen (secondary N) is 2. The van der Waals surface area contributed by atoms with Crippen molar-refractivity contribution in [2.45, 2.75) is 20.4 Å². The minimum Gasteiger partial charge on any atom is -0.355 e. The van der Waals surface area contributed by atoms with E-state index < -0.39 is 0 Å². The van der Waals surface area contributed by atoms with E-state index in [2.05, 4.69) is 10.3 Å². The summed E-state index contributed by atoms with van der Waals surface area (Å²) in [6.07, 6.45) is 0. The molecule has 0 aliphatic carbocycles. The third-order valence-corrected chi connectivity index (χ3v) is 3.05. The first-order chi connectivity index (χ1) is 8.52. The highest BCUT2D eigenvalue weighted by Gasteiger charge is 2.10. The van der Waals surface area contributed by atoms with Gasteiger partial charge in [-0.3, -0.25) is 4.79 Å². The van der Waals surface area contributed by atoms with Gasteiger partial charge in [0.05, 0.1) is 11.0 Å². The van der Waals surface area contributed by atoms with Crippen molar-refractivity contribution in [2.75, 3.05) is 6.54 Å². The number of aromatic nitrogens is 2. The predicted octanol–water partition coefficient (Wildman–Crippen LogP) is 2.28. The summed E-state index contributed by atoms with van der Waals surface area (Å²) >= 11 is 5.15. The van der Waals surface area contributed by atoms with Crippen molar-refractivity contribution in [3.05, 3.63) is 28.3 Å². The Morgan fingerprint density at radius 1 is 1.56 bits per heavy atom. The van der Waals surface area contributed by atoms with E-state index in [-0.39, 0.29) is 18.3 Å². The van der Waals surface area contributed by atoms with Crippen molar-refractivity contribution in [2.24, 2.45) is 0 Å². The Kier molecular flexibility index (Phi) is 3.47. The number of amides is 1. The molecule has 0 atom stereocenters. The number of imidazole rings is 1. The lowest BCUT2D eigenvalue weighted by atomic mass is 10.2. The molecule has 2 rings (SSSR count). The summed E-state index contributed by atoms with van der Waals surface area (Å²) in [6.45, 7) is 4.24. The van der Waals surface area contributed by atoms with E-state index in [1.807, 2.05) is 6.92 Å². The van der Waals surface area contributed by atoms with Gasteiger partial charge in [-0.1, -0.05) is 0 Å². The van der Waals surface area contributed by atoms with Crippen molar-refractivity contribution in [1.29, 1.82) is 0 Å². The first-order valence-electron chi connectivity index (χ1n) is 5.68. The maximum Gasteiger partial charge on any atom is 0.240 e. The zero-order valence-electron chi connectivity index (χ0n) is 10.2. The number of likely N-dealkylation sites (N-methyl/N-ethyl adjacent to an activating group) is 1. The molecule has 1 aromatic heterocycles. The lowest BCUT2D eigenvalue weighted by Gasteiger charge is -2.05. The van der Waals surface area contributed by atoms with Gasteiger partial charge in [0.1, 0.15) is 12.4 Å². The van der Waals surface area contributed by atoms with E-state index in [4.69, 9.17) is 12.2 Å². The van der Waals surface area contributed by atoms with Crippen LogP contribution in [0.2, 0.25) is 0 Å². The molecule has 1 aromatic carbocycles. The Labute approximate surface area is 109 Å². The smallest absolute Gasteiger partial charge is 0.240 e. The number of rotatable bonds is 3. The van der Waals surface area contributed by atoms with Crippen LogP contribution in [0.3, 0.4) is 0 Å². The molecule has 0 aliphatic rings. The average Bonchev–Trinajstić information content (AvgIpc) is 2.57. The Balaban J connectivity index is 2.50. The highest BCUT2D eigenvalue weighted by molar-refractivity contribution is 7.71. The van der Waals surface area contributed by atoms with Gasteiger partial charge in [0.2, 0.25) is 5.91 Å². The molecule has 0 aliphatic heterocycles. The standard InChI is InChI=1S/C12H14FN3OS/c1-3-14-11(17)6-16-10-4-7(2)8(13)5-9(10)15-12(16)18/h4-5H,3,6H2,1-2H3,(H,14,17)(H,15,18). The lowest BCUT2D eigenvalue weighted by Crippen LogP contribution is -2.27. The molecule has 0 bridgehead atoms. The van der Waals surface area contributed by atoms with Crippen molar-refractivity contribution >= 4 is 29.2 Å². The highest BCUT2D eigenvalue weighted by atomic mass is 32.1. The number of nitrogens with zero attached hydrogens (tertiary/aromatic N) is 1. The Hall–Kier alpha value is -1.69. The first-order valence-corrected chi connectivity index (χ1v) is 6.09. The summed E-state index contributed by atoms with van der Waals surface area (Å²) in [6, 6.07) is 3.09. The minimum absolute atomic E-state index is 0.114. The van der Waals surface area contributed by atoms with Gasteiger partial charge in [0.25, 0.3) is 0 Å². The molecule has 18 heavy (non-hydrogen) atoms. The zero-order valence-corrected chi connectivity index (χ0v) is 11.0. The van der Waals surface area contributed by atoms with Crippen LogP contribution in [0.1, 0.15) is 12.5 Å². The van der Waals surface area contributed by atoms with Crippen LogP contribution in [0.5, 0.6) is 0 Å². The average molecular weight is 267 g/mol. The van der Waals surface area contributed by atoms with Crippen LogP contribution in [-0.4, -0.2) is 22.0 Å². The number of carbonyl (C=O) groups excluding carboxylic acids is 1. The summed E-state index contributed by atoms with van der Waals surface area (Å²) in [4.78, 5) is 14.5. The normalized spacial score (nSPS) is 10.8. The topological polar surface area (TPSA) is 49.8 Å². The number of hydrogen-bond acceptors (Lipinski definition) is 2. The van der Waals surface area contributed by atoms with Crippen LogP contribution in [0, 0.1) is 17.5 Å². The second-order valence-corrected chi connectivity index (χ2v) is 4.48. The largest absolute Gasteiger partial charge is 0.355 e. The van der Waals surface area contributed by atoms with E-state index >= 15 is 0 Å². The van der Waals surface area contributed by atoms with Crippen LogP contribution < -0.4 is 5.32 Å². The van der Waals surface area contributed by atoms with Gasteiger partial charge in [-0.15, -0.1) is 0 Å². The number of halogens is 1. The molecule has 4 nitrogen and oxygen atoms in total. The third kappa shape index (κ3) is 2.28. The molecule has 0 unspecified atom stereocenters. The van der Waals surface area contributed by atoms with E-state index in [1.54, 1.807) is 17.6 Å².